The van der Waals surface area contributed by atoms with E-state index in [-0.39, 0.29) is 0 Å². The molecule has 0 saturated heterocycles. The summed E-state index contributed by atoms with van der Waals surface area (Å²) in [6, 6.07) is 6.56. The van der Waals surface area contributed by atoms with Crippen molar-refractivity contribution in [1.82, 2.24) is 0 Å². The van der Waals surface area contributed by atoms with Gasteiger partial charge in [-0.2, -0.15) is 0 Å². The molecule has 0 aliphatic rings. The van der Waals surface area contributed by atoms with Crippen molar-refractivity contribution >= 4 is 6.29 Å². The number of benzene rings is 1. The molecule has 0 bridgehead atoms. The van der Waals surface area contributed by atoms with Gasteiger partial charge in [0, 0.05) is 0 Å². The predicted octanol–water partition coefficient (Wildman–Crippen LogP) is 2.82. The highest BCUT2D eigenvalue weighted by atomic mass is 16.1. The molecule has 1 aromatic carbocycles. The molecule has 0 aliphatic heterocycles. The Hall–Kier alpha value is -1.11. The molecule has 0 heterocycles. The summed E-state index contributed by atoms with van der Waals surface area (Å²) in [6.45, 7) is 7.82. The van der Waals surface area contributed by atoms with Crippen molar-refractivity contribution in [3.8, 4) is 0 Å². The molecule has 0 aromatic heterocycles. The van der Waals surface area contributed by atoms with E-state index in [4.69, 9.17) is 4.79 Å². The normalized spacial score (nSPS) is 8.33. The Balaban J connectivity index is 0.000000354. The summed E-state index contributed by atoms with van der Waals surface area (Å²) in [5.41, 5.74) is 4.06. The highest BCUT2D eigenvalue weighted by molar-refractivity contribution is 5.44. The Bertz CT molecular complexity index is 201. The molecule has 1 heteroatoms. The topological polar surface area (TPSA) is 17.1 Å². The third-order valence-corrected chi connectivity index (χ3v) is 1.37. The van der Waals surface area contributed by atoms with E-state index in [0.29, 0.717) is 0 Å². The SMILES string of the molecule is CC=O.Cc1cc(C)cc(C)c1. The van der Waals surface area contributed by atoms with Crippen LogP contribution >= 0.6 is 0 Å². The molecule has 0 amide bonds. The third kappa shape index (κ3) is 4.67. The van der Waals surface area contributed by atoms with Crippen LogP contribution in [-0.4, -0.2) is 6.29 Å². The lowest BCUT2D eigenvalue weighted by Crippen LogP contribution is -1.78. The zero-order valence-corrected chi connectivity index (χ0v) is 8.22. The summed E-state index contributed by atoms with van der Waals surface area (Å²) in [4.78, 5) is 8.81. The Morgan fingerprint density at radius 2 is 1.08 bits per heavy atom. The van der Waals surface area contributed by atoms with Gasteiger partial charge < -0.3 is 4.79 Å². The van der Waals surface area contributed by atoms with Gasteiger partial charge in [-0.05, 0) is 27.7 Å². The Morgan fingerprint density at radius 3 is 1.25 bits per heavy atom. The number of aryl methyl sites for hydroxylation is 3. The average molecular weight is 164 g/mol. The fourth-order valence-electron chi connectivity index (χ4n) is 1.20. The van der Waals surface area contributed by atoms with Gasteiger partial charge in [0.1, 0.15) is 6.29 Å². The molecule has 0 saturated carbocycles. The van der Waals surface area contributed by atoms with Crippen molar-refractivity contribution in [1.29, 1.82) is 0 Å². The Labute approximate surface area is 74.4 Å². The van der Waals surface area contributed by atoms with Crippen LogP contribution in [0.15, 0.2) is 18.2 Å². The van der Waals surface area contributed by atoms with Crippen LogP contribution in [0.2, 0.25) is 0 Å². The zero-order chi connectivity index (χ0) is 9.56. The molecule has 0 unspecified atom stereocenters. The van der Waals surface area contributed by atoms with Crippen LogP contribution < -0.4 is 0 Å². The number of carbonyl (C=O) groups excluding carboxylic acids is 1. The molecule has 0 N–H and O–H groups in total. The Morgan fingerprint density at radius 1 is 0.917 bits per heavy atom. The van der Waals surface area contributed by atoms with E-state index in [1.807, 2.05) is 0 Å². The molecular weight excluding hydrogens is 148 g/mol. The molecule has 12 heavy (non-hydrogen) atoms. The summed E-state index contributed by atoms with van der Waals surface area (Å²) in [6.07, 6.45) is 0.750. The number of hydrogen-bond acceptors (Lipinski definition) is 1. The number of aldehydes is 1. The van der Waals surface area contributed by atoms with E-state index in [2.05, 4.69) is 39.0 Å². The molecule has 1 rings (SSSR count). The van der Waals surface area contributed by atoms with Gasteiger partial charge in [-0.15, -0.1) is 0 Å². The minimum Gasteiger partial charge on any atom is -0.304 e. The Kier molecular flexibility index (Phi) is 5.02. The molecule has 0 fully saturated rings. The molecule has 0 spiro atoms. The van der Waals surface area contributed by atoms with Crippen LogP contribution in [0.4, 0.5) is 0 Å². The minimum atomic E-state index is 0.750. The van der Waals surface area contributed by atoms with Crippen molar-refractivity contribution in [2.45, 2.75) is 27.7 Å². The van der Waals surface area contributed by atoms with Crippen LogP contribution in [0.25, 0.3) is 0 Å². The fraction of sp³-hybridized carbons (Fsp3) is 0.364. The quantitative estimate of drug-likeness (QED) is 0.539. The van der Waals surface area contributed by atoms with Gasteiger partial charge >= 0.3 is 0 Å². The lowest BCUT2D eigenvalue weighted by Gasteiger charge is -1.96. The molecular formula is C11H16O. The van der Waals surface area contributed by atoms with E-state index >= 15 is 0 Å². The summed E-state index contributed by atoms with van der Waals surface area (Å²) >= 11 is 0. The maximum atomic E-state index is 8.81. The first-order valence-corrected chi connectivity index (χ1v) is 4.05. The van der Waals surface area contributed by atoms with Gasteiger partial charge in [0.25, 0.3) is 0 Å². The maximum Gasteiger partial charge on any atom is 0.116 e. The summed E-state index contributed by atoms with van der Waals surface area (Å²) in [7, 11) is 0. The van der Waals surface area contributed by atoms with Gasteiger partial charge in [0.2, 0.25) is 0 Å². The second-order valence-corrected chi connectivity index (χ2v) is 2.90. The van der Waals surface area contributed by atoms with Gasteiger partial charge in [-0.3, -0.25) is 0 Å². The predicted molar refractivity (Wildman–Crippen MR) is 52.4 cm³/mol. The van der Waals surface area contributed by atoms with Crippen molar-refractivity contribution in [2.24, 2.45) is 0 Å². The van der Waals surface area contributed by atoms with Gasteiger partial charge in [0.15, 0.2) is 0 Å². The van der Waals surface area contributed by atoms with Crippen molar-refractivity contribution < 1.29 is 4.79 Å². The fourth-order valence-corrected chi connectivity index (χ4v) is 1.20. The third-order valence-electron chi connectivity index (χ3n) is 1.37. The first kappa shape index (κ1) is 10.9. The number of rotatable bonds is 0. The second kappa shape index (κ2) is 5.53. The second-order valence-electron chi connectivity index (χ2n) is 2.90. The first-order chi connectivity index (χ1) is 5.60. The summed E-state index contributed by atoms with van der Waals surface area (Å²) in [5.74, 6) is 0. The largest absolute Gasteiger partial charge is 0.304 e. The summed E-state index contributed by atoms with van der Waals surface area (Å²) < 4.78 is 0. The highest BCUT2D eigenvalue weighted by Gasteiger charge is 1.87. The average Bonchev–Trinajstić information content (AvgIpc) is 1.84. The lowest BCUT2D eigenvalue weighted by atomic mass is 10.1. The molecule has 0 aliphatic carbocycles. The van der Waals surface area contributed by atoms with Gasteiger partial charge in [-0.25, -0.2) is 0 Å². The van der Waals surface area contributed by atoms with Crippen LogP contribution in [0.1, 0.15) is 23.6 Å². The van der Waals surface area contributed by atoms with E-state index in [1.165, 1.54) is 23.6 Å². The van der Waals surface area contributed by atoms with Gasteiger partial charge in [0.05, 0.1) is 0 Å². The number of carbonyl (C=O) groups is 1. The lowest BCUT2D eigenvalue weighted by molar-refractivity contribution is -0.106. The van der Waals surface area contributed by atoms with E-state index < -0.39 is 0 Å². The minimum absolute atomic E-state index is 0.750. The molecule has 0 radical (unpaired) electrons. The van der Waals surface area contributed by atoms with Crippen molar-refractivity contribution in [3.63, 3.8) is 0 Å². The summed E-state index contributed by atoms with van der Waals surface area (Å²) in [5, 5.41) is 0. The van der Waals surface area contributed by atoms with E-state index in [9.17, 15) is 0 Å². The van der Waals surface area contributed by atoms with Gasteiger partial charge in [-0.1, -0.05) is 34.9 Å². The zero-order valence-electron chi connectivity index (χ0n) is 8.22. The van der Waals surface area contributed by atoms with Crippen molar-refractivity contribution in [2.75, 3.05) is 0 Å². The smallest absolute Gasteiger partial charge is 0.116 e. The van der Waals surface area contributed by atoms with Crippen LogP contribution in [-0.2, 0) is 4.79 Å². The van der Waals surface area contributed by atoms with Crippen LogP contribution in [0.5, 0.6) is 0 Å². The van der Waals surface area contributed by atoms with E-state index in [0.717, 1.165) is 6.29 Å². The molecule has 1 aromatic rings. The van der Waals surface area contributed by atoms with Crippen LogP contribution in [0.3, 0.4) is 0 Å². The molecule has 0 atom stereocenters. The monoisotopic (exact) mass is 164 g/mol. The maximum absolute atomic E-state index is 8.81. The standard InChI is InChI=1S/C9H12.C2H4O/c1-7-4-8(2)6-9(3)5-7;1-2-3/h4-6H,1-3H3;2H,1H3. The van der Waals surface area contributed by atoms with E-state index in [1.54, 1.807) is 0 Å². The molecule has 1 nitrogen and oxygen atoms in total. The number of hydrogen-bond donors (Lipinski definition) is 0. The highest BCUT2D eigenvalue weighted by Crippen LogP contribution is 2.06. The molecule has 66 valence electrons. The van der Waals surface area contributed by atoms with Crippen LogP contribution in [0, 0.1) is 20.8 Å². The van der Waals surface area contributed by atoms with Crippen molar-refractivity contribution in [3.05, 3.63) is 34.9 Å². The first-order valence-electron chi connectivity index (χ1n) is 4.05.